The molecule has 0 saturated heterocycles. The van der Waals surface area contributed by atoms with Gasteiger partial charge in [0.15, 0.2) is 0 Å². The van der Waals surface area contributed by atoms with Crippen molar-refractivity contribution in [1.29, 1.82) is 0 Å². The van der Waals surface area contributed by atoms with Gasteiger partial charge in [-0.2, -0.15) is 0 Å². The zero-order valence-corrected chi connectivity index (χ0v) is 12.9. The minimum Gasteiger partial charge on any atom is -0.355 e. The Morgan fingerprint density at radius 3 is 2.80 bits per heavy atom. The Hall–Kier alpha value is -1.73. The van der Waals surface area contributed by atoms with Gasteiger partial charge in [0, 0.05) is 6.54 Å². The summed E-state index contributed by atoms with van der Waals surface area (Å²) in [6.45, 7) is 4.17. The van der Waals surface area contributed by atoms with Gasteiger partial charge in [-0.3, -0.25) is 9.59 Å². The molecule has 2 rings (SSSR count). The first-order chi connectivity index (χ1) is 9.61. The van der Waals surface area contributed by atoms with E-state index in [1.54, 1.807) is 18.3 Å². The molecule has 0 unspecified atom stereocenters. The molecule has 0 bridgehead atoms. The SMILES string of the molecule is CCNC(=O)CNC(=O)c1sc(-c2cccs2)nc1C. The fraction of sp³-hybridized carbons (Fsp3) is 0.308. The molecule has 20 heavy (non-hydrogen) atoms. The van der Waals surface area contributed by atoms with Crippen LogP contribution in [0.5, 0.6) is 0 Å². The molecular weight excluding hydrogens is 294 g/mol. The molecule has 0 spiro atoms. The van der Waals surface area contributed by atoms with Gasteiger partial charge in [0.05, 0.1) is 17.1 Å². The Labute approximate surface area is 125 Å². The van der Waals surface area contributed by atoms with Crippen LogP contribution in [-0.4, -0.2) is 29.9 Å². The van der Waals surface area contributed by atoms with E-state index in [9.17, 15) is 9.59 Å². The van der Waals surface area contributed by atoms with Crippen LogP contribution in [0.25, 0.3) is 9.88 Å². The number of likely N-dealkylation sites (N-methyl/N-ethyl adjacent to an activating group) is 1. The number of amides is 2. The normalized spacial score (nSPS) is 10.3. The molecule has 0 aliphatic rings. The topological polar surface area (TPSA) is 71.1 Å². The van der Waals surface area contributed by atoms with E-state index >= 15 is 0 Å². The van der Waals surface area contributed by atoms with Gasteiger partial charge < -0.3 is 10.6 Å². The fourth-order valence-electron chi connectivity index (χ4n) is 1.61. The van der Waals surface area contributed by atoms with Crippen molar-refractivity contribution >= 4 is 34.5 Å². The number of thiazole rings is 1. The zero-order valence-electron chi connectivity index (χ0n) is 11.2. The highest BCUT2D eigenvalue weighted by Gasteiger charge is 2.17. The minimum absolute atomic E-state index is 0.0155. The maximum atomic E-state index is 12.0. The summed E-state index contributed by atoms with van der Waals surface area (Å²) in [4.78, 5) is 29.4. The van der Waals surface area contributed by atoms with Crippen LogP contribution >= 0.6 is 22.7 Å². The lowest BCUT2D eigenvalue weighted by Gasteiger charge is -2.03. The zero-order chi connectivity index (χ0) is 14.5. The van der Waals surface area contributed by atoms with Gasteiger partial charge in [-0.25, -0.2) is 4.98 Å². The molecule has 0 radical (unpaired) electrons. The van der Waals surface area contributed by atoms with Crippen LogP contribution in [0, 0.1) is 6.92 Å². The first kappa shape index (κ1) is 14.7. The van der Waals surface area contributed by atoms with E-state index in [2.05, 4.69) is 15.6 Å². The molecule has 2 aromatic rings. The predicted octanol–water partition coefficient (Wildman–Crippen LogP) is 2.05. The van der Waals surface area contributed by atoms with Crippen molar-refractivity contribution in [3.05, 3.63) is 28.1 Å². The molecule has 2 amide bonds. The Bertz CT molecular complexity index is 605. The summed E-state index contributed by atoms with van der Waals surface area (Å²) in [5.41, 5.74) is 0.687. The summed E-state index contributed by atoms with van der Waals surface area (Å²) in [5.74, 6) is -0.449. The maximum Gasteiger partial charge on any atom is 0.263 e. The third kappa shape index (κ3) is 3.43. The van der Waals surface area contributed by atoms with E-state index in [1.807, 2.05) is 24.4 Å². The number of rotatable bonds is 5. The third-order valence-corrected chi connectivity index (χ3v) is 4.71. The van der Waals surface area contributed by atoms with Gasteiger partial charge in [0.2, 0.25) is 5.91 Å². The monoisotopic (exact) mass is 309 g/mol. The highest BCUT2D eigenvalue weighted by Crippen LogP contribution is 2.30. The fourth-order valence-corrected chi connectivity index (χ4v) is 3.39. The Morgan fingerprint density at radius 2 is 2.15 bits per heavy atom. The molecule has 106 valence electrons. The number of nitrogens with one attached hydrogen (secondary N) is 2. The lowest BCUT2D eigenvalue weighted by molar-refractivity contribution is -0.120. The summed E-state index contributed by atoms with van der Waals surface area (Å²) in [7, 11) is 0. The number of carbonyl (C=O) groups excluding carboxylic acids is 2. The van der Waals surface area contributed by atoms with Crippen LogP contribution in [0.15, 0.2) is 17.5 Å². The van der Waals surface area contributed by atoms with Gasteiger partial charge in [0.25, 0.3) is 5.91 Å². The first-order valence-electron chi connectivity index (χ1n) is 6.18. The highest BCUT2D eigenvalue weighted by atomic mass is 32.1. The average Bonchev–Trinajstić information content (AvgIpc) is 3.05. The molecule has 0 saturated carbocycles. The standard InChI is InChI=1S/C13H15N3O2S2/c1-3-14-10(17)7-15-12(18)11-8(2)16-13(20-11)9-5-4-6-19-9/h4-6H,3,7H2,1-2H3,(H,14,17)(H,15,18). The first-order valence-corrected chi connectivity index (χ1v) is 7.87. The number of hydrogen-bond acceptors (Lipinski definition) is 5. The second kappa shape index (κ2) is 6.62. The van der Waals surface area contributed by atoms with E-state index in [4.69, 9.17) is 0 Å². The molecule has 0 atom stereocenters. The summed E-state index contributed by atoms with van der Waals surface area (Å²) in [6.07, 6.45) is 0. The van der Waals surface area contributed by atoms with Gasteiger partial charge in [-0.15, -0.1) is 22.7 Å². The van der Waals surface area contributed by atoms with E-state index in [-0.39, 0.29) is 18.4 Å². The highest BCUT2D eigenvalue weighted by molar-refractivity contribution is 7.22. The Balaban J connectivity index is 2.05. The summed E-state index contributed by atoms with van der Waals surface area (Å²) in [5, 5.41) is 8.04. The second-order valence-corrected chi connectivity index (χ2v) is 5.99. The van der Waals surface area contributed by atoms with Gasteiger partial charge in [-0.1, -0.05) is 6.07 Å². The van der Waals surface area contributed by atoms with Crippen LogP contribution in [0.3, 0.4) is 0 Å². The largest absolute Gasteiger partial charge is 0.355 e. The van der Waals surface area contributed by atoms with Crippen molar-refractivity contribution in [1.82, 2.24) is 15.6 Å². The van der Waals surface area contributed by atoms with Gasteiger partial charge in [0.1, 0.15) is 9.88 Å². The smallest absolute Gasteiger partial charge is 0.263 e. The molecule has 0 aliphatic heterocycles. The number of thiophene rings is 1. The molecule has 2 aromatic heterocycles. The van der Waals surface area contributed by atoms with E-state index in [0.29, 0.717) is 17.1 Å². The molecule has 2 N–H and O–H groups in total. The quantitative estimate of drug-likeness (QED) is 0.888. The Kier molecular flexibility index (Phi) is 4.86. The van der Waals surface area contributed by atoms with E-state index in [0.717, 1.165) is 9.88 Å². The summed E-state index contributed by atoms with van der Waals surface area (Å²) >= 11 is 2.93. The molecule has 0 fully saturated rings. The third-order valence-electron chi connectivity index (χ3n) is 2.52. The number of hydrogen-bond donors (Lipinski definition) is 2. The van der Waals surface area contributed by atoms with Gasteiger partial charge in [-0.05, 0) is 25.3 Å². The van der Waals surface area contributed by atoms with Gasteiger partial charge >= 0.3 is 0 Å². The number of aromatic nitrogens is 1. The maximum absolute atomic E-state index is 12.0. The predicted molar refractivity (Wildman–Crippen MR) is 81.2 cm³/mol. The van der Waals surface area contributed by atoms with Crippen molar-refractivity contribution in [2.45, 2.75) is 13.8 Å². The van der Waals surface area contributed by atoms with Crippen LogP contribution in [0.2, 0.25) is 0 Å². The van der Waals surface area contributed by atoms with Crippen LogP contribution in [-0.2, 0) is 4.79 Å². The molecule has 5 nitrogen and oxygen atoms in total. The minimum atomic E-state index is -0.256. The van der Waals surface area contributed by atoms with E-state index in [1.165, 1.54) is 11.3 Å². The summed E-state index contributed by atoms with van der Waals surface area (Å²) in [6, 6.07) is 3.92. The Morgan fingerprint density at radius 1 is 1.35 bits per heavy atom. The molecule has 0 aromatic carbocycles. The molecular formula is C13H15N3O2S2. The number of aryl methyl sites for hydroxylation is 1. The van der Waals surface area contributed by atoms with Crippen LogP contribution < -0.4 is 10.6 Å². The van der Waals surface area contributed by atoms with Crippen molar-refractivity contribution in [2.24, 2.45) is 0 Å². The van der Waals surface area contributed by atoms with Crippen molar-refractivity contribution < 1.29 is 9.59 Å². The number of carbonyl (C=O) groups is 2. The van der Waals surface area contributed by atoms with Crippen LogP contribution in [0.4, 0.5) is 0 Å². The summed E-state index contributed by atoms with van der Waals surface area (Å²) < 4.78 is 0. The van der Waals surface area contributed by atoms with Crippen molar-refractivity contribution in [2.75, 3.05) is 13.1 Å². The average molecular weight is 309 g/mol. The van der Waals surface area contributed by atoms with E-state index < -0.39 is 0 Å². The second-order valence-electron chi connectivity index (χ2n) is 4.05. The van der Waals surface area contributed by atoms with Crippen molar-refractivity contribution in [3.63, 3.8) is 0 Å². The molecule has 0 aliphatic carbocycles. The van der Waals surface area contributed by atoms with Crippen molar-refractivity contribution in [3.8, 4) is 9.88 Å². The molecule has 7 heteroatoms. The lowest BCUT2D eigenvalue weighted by atomic mass is 10.3. The lowest BCUT2D eigenvalue weighted by Crippen LogP contribution is -2.36. The number of nitrogens with zero attached hydrogens (tertiary/aromatic N) is 1. The molecule has 2 heterocycles. The van der Waals surface area contributed by atoms with Crippen LogP contribution in [0.1, 0.15) is 22.3 Å².